The van der Waals surface area contributed by atoms with Crippen molar-refractivity contribution in [3.05, 3.63) is 24.3 Å². The predicted octanol–water partition coefficient (Wildman–Crippen LogP) is 0.762. The Morgan fingerprint density at radius 1 is 1.25 bits per heavy atom. The highest BCUT2D eigenvalue weighted by Crippen LogP contribution is 2.21. The smallest absolute Gasteiger partial charge is 0.239 e. The second-order valence-electron chi connectivity index (χ2n) is 4.22. The van der Waals surface area contributed by atoms with Crippen LogP contribution in [0.4, 0.5) is 11.8 Å². The summed E-state index contributed by atoms with van der Waals surface area (Å²) in [6, 6.07) is 7.44. The topological polar surface area (TPSA) is 110 Å². The normalized spacial score (nSPS) is 11.5. The summed E-state index contributed by atoms with van der Waals surface area (Å²) in [6.07, 6.45) is 0. The van der Waals surface area contributed by atoms with Crippen LogP contribution in [0, 0.1) is 0 Å². The second kappa shape index (κ2) is 6.02. The molecule has 108 valence electrons. The fourth-order valence-corrected chi connectivity index (χ4v) is 2.45. The third-order valence-corrected chi connectivity index (χ3v) is 4.58. The molecule has 0 amide bonds. The third kappa shape index (κ3) is 3.34. The molecule has 1 heterocycles. The largest absolute Gasteiger partial charge is 0.368 e. The van der Waals surface area contributed by atoms with Gasteiger partial charge < -0.3 is 5.32 Å². The van der Waals surface area contributed by atoms with Gasteiger partial charge in [-0.05, 0) is 12.1 Å². The molecule has 1 aromatic carbocycles. The van der Waals surface area contributed by atoms with Crippen molar-refractivity contribution >= 4 is 32.5 Å². The summed E-state index contributed by atoms with van der Waals surface area (Å²) < 4.78 is 22.9. The van der Waals surface area contributed by atoms with Crippen LogP contribution < -0.4 is 16.6 Å². The molecule has 0 aliphatic rings. The molecular weight excluding hydrogens is 278 g/mol. The Morgan fingerprint density at radius 3 is 2.70 bits per heavy atom. The lowest BCUT2D eigenvalue weighted by Crippen LogP contribution is -2.18. The maximum absolute atomic E-state index is 11.5. The second-order valence-corrected chi connectivity index (χ2v) is 6.69. The molecule has 0 saturated heterocycles. The van der Waals surface area contributed by atoms with Gasteiger partial charge >= 0.3 is 0 Å². The molecule has 0 aliphatic carbocycles. The summed E-state index contributed by atoms with van der Waals surface area (Å²) in [5.41, 5.74) is 3.13. The number of nitrogens with zero attached hydrogens (tertiary/aromatic N) is 2. The number of hydrogen-bond donors (Lipinski definition) is 3. The summed E-state index contributed by atoms with van der Waals surface area (Å²) in [5, 5.41) is 3.85. The molecule has 20 heavy (non-hydrogen) atoms. The van der Waals surface area contributed by atoms with E-state index in [9.17, 15) is 8.42 Å². The van der Waals surface area contributed by atoms with Crippen molar-refractivity contribution in [1.29, 1.82) is 0 Å². The van der Waals surface area contributed by atoms with Gasteiger partial charge in [-0.25, -0.2) is 19.2 Å². The first kappa shape index (κ1) is 14.5. The molecule has 8 heteroatoms. The number of aromatic nitrogens is 2. The molecule has 0 radical (unpaired) electrons. The van der Waals surface area contributed by atoms with Gasteiger partial charge in [0.1, 0.15) is 5.82 Å². The van der Waals surface area contributed by atoms with E-state index in [0.717, 1.165) is 10.9 Å². The van der Waals surface area contributed by atoms with Gasteiger partial charge in [0.05, 0.1) is 11.3 Å². The molecule has 0 unspecified atom stereocenters. The molecule has 0 fully saturated rings. The van der Waals surface area contributed by atoms with Crippen LogP contribution in [0.25, 0.3) is 10.9 Å². The molecule has 0 aliphatic heterocycles. The van der Waals surface area contributed by atoms with Crippen molar-refractivity contribution in [3.8, 4) is 0 Å². The minimum atomic E-state index is -3.00. The number of nitrogens with two attached hydrogens (primary N) is 1. The quantitative estimate of drug-likeness (QED) is 0.533. The maximum Gasteiger partial charge on any atom is 0.239 e. The van der Waals surface area contributed by atoms with E-state index in [2.05, 4.69) is 20.7 Å². The van der Waals surface area contributed by atoms with Crippen LogP contribution in [-0.2, 0) is 9.84 Å². The van der Waals surface area contributed by atoms with E-state index in [-0.39, 0.29) is 17.5 Å². The van der Waals surface area contributed by atoms with Crippen LogP contribution in [0.5, 0.6) is 0 Å². The van der Waals surface area contributed by atoms with Crippen LogP contribution >= 0.6 is 0 Å². The predicted molar refractivity (Wildman–Crippen MR) is 80.2 cm³/mol. The zero-order valence-corrected chi connectivity index (χ0v) is 11.9. The molecule has 0 atom stereocenters. The zero-order chi connectivity index (χ0) is 14.6. The van der Waals surface area contributed by atoms with Crippen molar-refractivity contribution in [2.24, 2.45) is 5.84 Å². The van der Waals surface area contributed by atoms with Crippen LogP contribution in [0.3, 0.4) is 0 Å². The van der Waals surface area contributed by atoms with Crippen LogP contribution in [0.2, 0.25) is 0 Å². The van der Waals surface area contributed by atoms with Gasteiger partial charge in [-0.15, -0.1) is 0 Å². The fourth-order valence-electron chi connectivity index (χ4n) is 1.75. The Bertz CT molecular complexity index is 702. The van der Waals surface area contributed by atoms with Crippen molar-refractivity contribution in [2.75, 3.05) is 28.8 Å². The van der Waals surface area contributed by atoms with Gasteiger partial charge in [0, 0.05) is 17.7 Å². The summed E-state index contributed by atoms with van der Waals surface area (Å²) in [6.45, 7) is 1.92. The summed E-state index contributed by atoms with van der Waals surface area (Å²) in [7, 11) is -3.00. The number of fused-ring (bicyclic) bond motifs is 1. The first-order valence-electron chi connectivity index (χ1n) is 6.23. The lowest BCUT2D eigenvalue weighted by atomic mass is 10.2. The number of nitrogens with one attached hydrogen (secondary N) is 2. The lowest BCUT2D eigenvalue weighted by Gasteiger charge is -2.10. The van der Waals surface area contributed by atoms with Gasteiger partial charge in [0.25, 0.3) is 0 Å². The number of sulfone groups is 1. The Morgan fingerprint density at radius 2 is 2.00 bits per heavy atom. The van der Waals surface area contributed by atoms with Crippen molar-refractivity contribution in [2.45, 2.75) is 6.92 Å². The fraction of sp³-hybridized carbons (Fsp3) is 0.333. The summed E-state index contributed by atoms with van der Waals surface area (Å²) in [4.78, 5) is 8.43. The number of rotatable bonds is 6. The van der Waals surface area contributed by atoms with Crippen LogP contribution in [0.15, 0.2) is 24.3 Å². The molecule has 1 aromatic heterocycles. The highest BCUT2D eigenvalue weighted by atomic mass is 32.2. The van der Waals surface area contributed by atoms with E-state index >= 15 is 0 Å². The number of hydrogen-bond acceptors (Lipinski definition) is 7. The number of para-hydroxylation sites is 1. The molecule has 4 N–H and O–H groups in total. The van der Waals surface area contributed by atoms with Crippen molar-refractivity contribution in [1.82, 2.24) is 9.97 Å². The van der Waals surface area contributed by atoms with E-state index in [1.807, 2.05) is 24.3 Å². The van der Waals surface area contributed by atoms with E-state index in [1.165, 1.54) is 0 Å². The molecular formula is C12H17N5O2S. The number of nitrogen functional groups attached to an aromatic ring is 1. The minimum Gasteiger partial charge on any atom is -0.368 e. The minimum absolute atomic E-state index is 0.0627. The Hall–Kier alpha value is -1.93. The van der Waals surface area contributed by atoms with E-state index < -0.39 is 9.84 Å². The highest BCUT2D eigenvalue weighted by molar-refractivity contribution is 7.91. The SMILES string of the molecule is CCS(=O)(=O)CCNc1nc(NN)nc2ccccc12. The van der Waals surface area contributed by atoms with E-state index in [4.69, 9.17) is 5.84 Å². The van der Waals surface area contributed by atoms with Crippen molar-refractivity contribution in [3.63, 3.8) is 0 Å². The standard InChI is InChI=1S/C12H17N5O2S/c1-2-20(18,19)8-7-14-11-9-5-3-4-6-10(9)15-12(16-11)17-13/h3-6H,2,7-8,13H2,1H3,(H2,14,15,16,17). The Kier molecular flexibility index (Phi) is 4.35. The van der Waals surface area contributed by atoms with Gasteiger partial charge in [-0.3, -0.25) is 5.43 Å². The van der Waals surface area contributed by atoms with E-state index in [1.54, 1.807) is 6.92 Å². The first-order chi connectivity index (χ1) is 9.55. The lowest BCUT2D eigenvalue weighted by molar-refractivity contribution is 0.597. The van der Waals surface area contributed by atoms with E-state index in [0.29, 0.717) is 12.4 Å². The molecule has 0 saturated carbocycles. The maximum atomic E-state index is 11.5. The first-order valence-corrected chi connectivity index (χ1v) is 8.05. The molecule has 0 spiro atoms. The van der Waals surface area contributed by atoms with Gasteiger partial charge in [-0.1, -0.05) is 19.1 Å². The molecule has 0 bridgehead atoms. The van der Waals surface area contributed by atoms with Gasteiger partial charge in [-0.2, -0.15) is 4.98 Å². The molecule has 2 aromatic rings. The molecule has 7 nitrogen and oxygen atoms in total. The van der Waals surface area contributed by atoms with Crippen LogP contribution in [-0.4, -0.2) is 36.4 Å². The summed E-state index contributed by atoms with van der Waals surface area (Å²) >= 11 is 0. The average Bonchev–Trinajstić information content (AvgIpc) is 2.46. The van der Waals surface area contributed by atoms with Crippen molar-refractivity contribution < 1.29 is 8.42 Å². The molecule has 2 rings (SSSR count). The van der Waals surface area contributed by atoms with Gasteiger partial charge in [0.2, 0.25) is 5.95 Å². The average molecular weight is 295 g/mol. The zero-order valence-electron chi connectivity index (χ0n) is 11.1. The number of hydrazine groups is 1. The Labute approximate surface area is 117 Å². The Balaban J connectivity index is 2.24. The third-order valence-electron chi connectivity index (χ3n) is 2.88. The summed E-state index contributed by atoms with van der Waals surface area (Å²) in [5.74, 6) is 6.37. The van der Waals surface area contributed by atoms with Crippen LogP contribution in [0.1, 0.15) is 6.92 Å². The number of anilines is 2. The monoisotopic (exact) mass is 295 g/mol. The van der Waals surface area contributed by atoms with Gasteiger partial charge in [0.15, 0.2) is 9.84 Å². The highest BCUT2D eigenvalue weighted by Gasteiger charge is 2.09. The number of benzene rings is 1.